The van der Waals surface area contributed by atoms with Crippen molar-refractivity contribution in [1.82, 2.24) is 0 Å². The molecule has 2 N–H and O–H groups in total. The summed E-state index contributed by atoms with van der Waals surface area (Å²) in [5.41, 5.74) is 6.50. The highest BCUT2D eigenvalue weighted by Crippen LogP contribution is 2.30. The fourth-order valence-electron chi connectivity index (χ4n) is 1.94. The molecule has 7 heteroatoms. The van der Waals surface area contributed by atoms with E-state index in [4.69, 9.17) is 5.73 Å². The van der Waals surface area contributed by atoms with Crippen LogP contribution in [0.1, 0.15) is 6.92 Å². The lowest BCUT2D eigenvalue weighted by atomic mass is 10.3. The molecule has 0 heterocycles. The topological polar surface area (TPSA) is 63.4 Å². The van der Waals surface area contributed by atoms with Crippen LogP contribution in [0.3, 0.4) is 0 Å². The second kappa shape index (κ2) is 6.03. The molecule has 0 bridgehead atoms. The van der Waals surface area contributed by atoms with Gasteiger partial charge in [0, 0.05) is 16.7 Å². The van der Waals surface area contributed by atoms with Crippen molar-refractivity contribution in [1.29, 1.82) is 0 Å². The monoisotopic (exact) mass is 372 g/mol. The number of halogens is 2. The molecule has 0 saturated heterocycles. The van der Waals surface area contributed by atoms with Gasteiger partial charge in [-0.3, -0.25) is 4.31 Å². The first-order valence-corrected chi connectivity index (χ1v) is 8.43. The van der Waals surface area contributed by atoms with E-state index in [2.05, 4.69) is 15.9 Å². The number of hydrogen-bond acceptors (Lipinski definition) is 3. The lowest BCUT2D eigenvalue weighted by Crippen LogP contribution is -2.31. The number of nitrogens with zero attached hydrogens (tertiary/aromatic N) is 1. The molecule has 0 saturated carbocycles. The van der Waals surface area contributed by atoms with Gasteiger partial charge in [-0.1, -0.05) is 0 Å². The summed E-state index contributed by atoms with van der Waals surface area (Å²) in [5.74, 6) is -0.416. The zero-order valence-electron chi connectivity index (χ0n) is 11.3. The quantitative estimate of drug-likeness (QED) is 0.836. The summed E-state index contributed by atoms with van der Waals surface area (Å²) in [6.07, 6.45) is 0. The van der Waals surface area contributed by atoms with Crippen molar-refractivity contribution in [2.45, 2.75) is 11.8 Å². The summed E-state index contributed by atoms with van der Waals surface area (Å²) in [6, 6.07) is 9.82. The molecule has 2 rings (SSSR count). The molecule has 0 atom stereocenters. The molecule has 0 aliphatic carbocycles. The van der Waals surface area contributed by atoms with Crippen molar-refractivity contribution in [3.8, 4) is 0 Å². The molecule has 0 fully saturated rings. The van der Waals surface area contributed by atoms with Crippen LogP contribution >= 0.6 is 15.9 Å². The maximum Gasteiger partial charge on any atom is 0.265 e. The first-order valence-electron chi connectivity index (χ1n) is 6.19. The van der Waals surface area contributed by atoms with Gasteiger partial charge in [-0.15, -0.1) is 0 Å². The van der Waals surface area contributed by atoms with E-state index in [-0.39, 0.29) is 11.4 Å². The Balaban J connectivity index is 2.51. The smallest absolute Gasteiger partial charge is 0.265 e. The Morgan fingerprint density at radius 1 is 1.19 bits per heavy atom. The summed E-state index contributed by atoms with van der Waals surface area (Å²) < 4.78 is 40.1. The van der Waals surface area contributed by atoms with Crippen molar-refractivity contribution >= 4 is 37.3 Å². The third kappa shape index (κ3) is 3.19. The van der Waals surface area contributed by atoms with Crippen molar-refractivity contribution in [3.05, 3.63) is 52.8 Å². The largest absolute Gasteiger partial charge is 0.399 e. The number of nitrogens with two attached hydrogens (primary N) is 1. The van der Waals surface area contributed by atoms with Gasteiger partial charge >= 0.3 is 0 Å². The summed E-state index contributed by atoms with van der Waals surface area (Å²) in [7, 11) is -3.76. The molecule has 0 amide bonds. The number of nitrogen functional groups attached to an aromatic ring is 1. The van der Waals surface area contributed by atoms with E-state index in [0.717, 1.165) is 0 Å². The number of rotatable bonds is 4. The molecule has 0 unspecified atom stereocenters. The van der Waals surface area contributed by atoms with Crippen molar-refractivity contribution in [3.63, 3.8) is 0 Å². The Bertz CT molecular complexity index is 748. The van der Waals surface area contributed by atoms with Gasteiger partial charge in [0.2, 0.25) is 0 Å². The van der Waals surface area contributed by atoms with Crippen LogP contribution in [0.2, 0.25) is 0 Å². The van der Waals surface area contributed by atoms with Gasteiger partial charge in [0.15, 0.2) is 0 Å². The van der Waals surface area contributed by atoms with E-state index in [1.54, 1.807) is 6.92 Å². The minimum absolute atomic E-state index is 0.114. The van der Waals surface area contributed by atoms with E-state index in [1.807, 2.05) is 0 Å². The van der Waals surface area contributed by atoms with Gasteiger partial charge in [0.25, 0.3) is 10.0 Å². The summed E-state index contributed by atoms with van der Waals surface area (Å²) in [6.45, 7) is 1.94. The molecule has 4 nitrogen and oxygen atoms in total. The third-order valence-corrected chi connectivity index (χ3v) is 5.81. The predicted octanol–water partition coefficient (Wildman–Crippen LogP) is 3.39. The normalized spacial score (nSPS) is 11.4. The average Bonchev–Trinajstić information content (AvgIpc) is 2.41. The van der Waals surface area contributed by atoms with Crippen LogP contribution in [0, 0.1) is 5.82 Å². The van der Waals surface area contributed by atoms with Crippen LogP contribution < -0.4 is 10.0 Å². The molecule has 21 heavy (non-hydrogen) atoms. The fourth-order valence-corrected chi connectivity index (χ4v) is 4.48. The van der Waals surface area contributed by atoms with Crippen LogP contribution in [-0.2, 0) is 10.0 Å². The Morgan fingerprint density at radius 3 is 2.33 bits per heavy atom. The van der Waals surface area contributed by atoms with Gasteiger partial charge in [-0.2, -0.15) is 0 Å². The van der Waals surface area contributed by atoms with E-state index in [9.17, 15) is 12.8 Å². The van der Waals surface area contributed by atoms with Crippen LogP contribution in [-0.4, -0.2) is 15.0 Å². The van der Waals surface area contributed by atoms with Gasteiger partial charge in [-0.05, 0) is 65.3 Å². The SMILES string of the molecule is CCN(c1ccc(F)cc1)S(=O)(=O)c1ccc(N)cc1Br. The van der Waals surface area contributed by atoms with Crippen LogP contribution in [0.5, 0.6) is 0 Å². The first kappa shape index (κ1) is 15.8. The number of benzene rings is 2. The molecular weight excluding hydrogens is 359 g/mol. The molecule has 0 aromatic heterocycles. The predicted molar refractivity (Wildman–Crippen MR) is 85.2 cm³/mol. The number of anilines is 2. The molecule has 0 spiro atoms. The molecule has 0 aliphatic heterocycles. The lowest BCUT2D eigenvalue weighted by molar-refractivity contribution is 0.591. The Kier molecular flexibility index (Phi) is 4.53. The van der Waals surface area contributed by atoms with E-state index in [1.165, 1.54) is 46.8 Å². The summed E-state index contributed by atoms with van der Waals surface area (Å²) >= 11 is 3.22. The van der Waals surface area contributed by atoms with Crippen molar-refractivity contribution in [2.24, 2.45) is 0 Å². The minimum atomic E-state index is -3.76. The zero-order valence-corrected chi connectivity index (χ0v) is 13.7. The number of sulfonamides is 1. The van der Waals surface area contributed by atoms with Crippen molar-refractivity contribution < 1.29 is 12.8 Å². The number of hydrogen-bond donors (Lipinski definition) is 1. The van der Waals surface area contributed by atoms with Gasteiger partial charge in [0.05, 0.1) is 5.69 Å². The Labute approximate surface area is 131 Å². The van der Waals surface area contributed by atoms with Crippen LogP contribution in [0.4, 0.5) is 15.8 Å². The highest BCUT2D eigenvalue weighted by molar-refractivity contribution is 9.10. The average molecular weight is 373 g/mol. The summed E-state index contributed by atoms with van der Waals surface area (Å²) in [4.78, 5) is 0.114. The molecule has 2 aromatic carbocycles. The van der Waals surface area contributed by atoms with Crippen LogP contribution in [0.25, 0.3) is 0 Å². The third-order valence-electron chi connectivity index (χ3n) is 2.93. The summed E-state index contributed by atoms with van der Waals surface area (Å²) in [5, 5.41) is 0. The van der Waals surface area contributed by atoms with E-state index < -0.39 is 15.8 Å². The zero-order chi connectivity index (χ0) is 15.6. The maximum absolute atomic E-state index is 13.0. The standard InChI is InChI=1S/C14H14BrFN2O2S/c1-2-18(12-6-3-10(16)4-7-12)21(19,20)14-8-5-11(17)9-13(14)15/h3-9H,2,17H2,1H3. The lowest BCUT2D eigenvalue weighted by Gasteiger charge is -2.23. The van der Waals surface area contributed by atoms with Gasteiger partial charge in [-0.25, -0.2) is 12.8 Å². The van der Waals surface area contributed by atoms with Gasteiger partial charge < -0.3 is 5.73 Å². The second-order valence-corrected chi connectivity index (χ2v) is 7.02. The van der Waals surface area contributed by atoms with E-state index >= 15 is 0 Å². The van der Waals surface area contributed by atoms with Crippen molar-refractivity contribution in [2.75, 3.05) is 16.6 Å². The Morgan fingerprint density at radius 2 is 1.81 bits per heavy atom. The molecular formula is C14H14BrFN2O2S. The van der Waals surface area contributed by atoms with E-state index in [0.29, 0.717) is 15.8 Å². The fraction of sp³-hybridized carbons (Fsp3) is 0.143. The highest BCUT2D eigenvalue weighted by atomic mass is 79.9. The van der Waals surface area contributed by atoms with Gasteiger partial charge in [0.1, 0.15) is 10.7 Å². The first-order chi connectivity index (χ1) is 9.86. The molecule has 0 aliphatic rings. The second-order valence-electron chi connectivity index (χ2n) is 4.34. The maximum atomic E-state index is 13.0. The minimum Gasteiger partial charge on any atom is -0.399 e. The Hall–Kier alpha value is -1.60. The highest BCUT2D eigenvalue weighted by Gasteiger charge is 2.25. The molecule has 2 aromatic rings. The molecule has 112 valence electrons. The molecule has 0 radical (unpaired) electrons. The van der Waals surface area contributed by atoms with Crippen LogP contribution in [0.15, 0.2) is 51.8 Å².